The number of ether oxygens (including phenoxy) is 1. The van der Waals surface area contributed by atoms with Crippen molar-refractivity contribution in [2.45, 2.75) is 12.6 Å². The first-order valence-electron chi connectivity index (χ1n) is 10.2. The molecule has 6 heteroatoms. The lowest BCUT2D eigenvalue weighted by molar-refractivity contribution is 0.306. The number of rotatable bonds is 6. The second-order valence-corrected chi connectivity index (χ2v) is 8.27. The Bertz CT molecular complexity index is 1350. The smallest absolute Gasteiger partial charge is 0.119 e. The van der Waals surface area contributed by atoms with Gasteiger partial charge >= 0.3 is 0 Å². The number of hydrogen-bond acceptors (Lipinski definition) is 3. The van der Waals surface area contributed by atoms with E-state index in [0.717, 1.165) is 33.3 Å². The lowest BCUT2D eigenvalue weighted by atomic mass is 9.98. The number of imidazole rings is 1. The van der Waals surface area contributed by atoms with Crippen molar-refractivity contribution in [1.82, 2.24) is 14.5 Å². The molecule has 0 amide bonds. The molecular formula is C26H19Cl2N3O. The fourth-order valence-electron chi connectivity index (χ4n) is 3.80. The number of nitrogens with zero attached hydrogens (tertiary/aromatic N) is 3. The highest BCUT2D eigenvalue weighted by atomic mass is 35.5. The van der Waals surface area contributed by atoms with Gasteiger partial charge in [-0.3, -0.25) is 4.98 Å². The largest absolute Gasteiger partial charge is 0.489 e. The van der Waals surface area contributed by atoms with Gasteiger partial charge < -0.3 is 9.30 Å². The fourth-order valence-corrected chi connectivity index (χ4v) is 4.26. The lowest BCUT2D eigenvalue weighted by Crippen LogP contribution is -2.13. The van der Waals surface area contributed by atoms with Gasteiger partial charge in [0.15, 0.2) is 0 Å². The van der Waals surface area contributed by atoms with Crippen LogP contribution in [0.25, 0.3) is 10.8 Å². The van der Waals surface area contributed by atoms with Crippen LogP contribution in [0, 0.1) is 0 Å². The highest BCUT2D eigenvalue weighted by molar-refractivity contribution is 6.35. The molecule has 0 spiro atoms. The predicted molar refractivity (Wildman–Crippen MR) is 128 cm³/mol. The molecule has 2 aromatic heterocycles. The van der Waals surface area contributed by atoms with Crippen LogP contribution in [0.3, 0.4) is 0 Å². The molecule has 3 aromatic carbocycles. The Morgan fingerprint density at radius 2 is 1.75 bits per heavy atom. The Hall–Kier alpha value is -3.34. The highest BCUT2D eigenvalue weighted by Gasteiger charge is 2.20. The first-order chi connectivity index (χ1) is 15.7. The van der Waals surface area contributed by atoms with E-state index in [-0.39, 0.29) is 6.04 Å². The number of benzene rings is 3. The summed E-state index contributed by atoms with van der Waals surface area (Å²) in [4.78, 5) is 9.01. The summed E-state index contributed by atoms with van der Waals surface area (Å²) in [6.45, 7) is 0.366. The molecule has 4 nitrogen and oxygen atoms in total. The zero-order valence-corrected chi connectivity index (χ0v) is 18.5. The fraction of sp³-hybridized carbons (Fsp3) is 0.0769. The van der Waals surface area contributed by atoms with Gasteiger partial charge in [0, 0.05) is 39.6 Å². The standard InChI is InChI=1S/C26H19Cl2N3O/c27-21-8-5-20(24(28)15-21)16-32-22-9-6-19(7-10-22)26(31-14-13-29-17-31)25-23-4-2-1-3-18(23)11-12-30-25/h1-15,17,26H,16H2. The maximum absolute atomic E-state index is 6.26. The molecule has 0 bridgehead atoms. The molecule has 0 N–H and O–H groups in total. The van der Waals surface area contributed by atoms with Gasteiger partial charge in [-0.2, -0.15) is 0 Å². The number of hydrogen-bond donors (Lipinski definition) is 0. The van der Waals surface area contributed by atoms with E-state index < -0.39 is 0 Å². The molecule has 2 heterocycles. The van der Waals surface area contributed by atoms with E-state index in [1.807, 2.05) is 61.2 Å². The summed E-state index contributed by atoms with van der Waals surface area (Å²) in [5.41, 5.74) is 2.95. The van der Waals surface area contributed by atoms with Crippen molar-refractivity contribution < 1.29 is 4.74 Å². The summed E-state index contributed by atoms with van der Waals surface area (Å²) >= 11 is 12.2. The van der Waals surface area contributed by atoms with Gasteiger partial charge in [-0.25, -0.2) is 4.98 Å². The predicted octanol–water partition coefficient (Wildman–Crippen LogP) is 6.95. The number of aromatic nitrogens is 3. The summed E-state index contributed by atoms with van der Waals surface area (Å²) in [7, 11) is 0. The molecule has 0 saturated carbocycles. The Balaban J connectivity index is 1.45. The van der Waals surface area contributed by atoms with E-state index >= 15 is 0 Å². The van der Waals surface area contributed by atoms with Crippen LogP contribution in [0.2, 0.25) is 10.0 Å². The van der Waals surface area contributed by atoms with Crippen molar-refractivity contribution in [3.63, 3.8) is 0 Å². The van der Waals surface area contributed by atoms with Crippen molar-refractivity contribution in [2.24, 2.45) is 0 Å². The van der Waals surface area contributed by atoms with Crippen LogP contribution in [-0.2, 0) is 6.61 Å². The van der Waals surface area contributed by atoms with E-state index in [2.05, 4.69) is 33.8 Å². The van der Waals surface area contributed by atoms with Crippen LogP contribution in [0.4, 0.5) is 0 Å². The first-order valence-corrected chi connectivity index (χ1v) is 10.9. The van der Waals surface area contributed by atoms with Crippen molar-refractivity contribution >= 4 is 34.0 Å². The van der Waals surface area contributed by atoms with Crippen LogP contribution in [-0.4, -0.2) is 14.5 Å². The monoisotopic (exact) mass is 459 g/mol. The number of halogens is 2. The van der Waals surface area contributed by atoms with Crippen molar-refractivity contribution in [2.75, 3.05) is 0 Å². The van der Waals surface area contributed by atoms with Gasteiger partial charge in [0.2, 0.25) is 0 Å². The summed E-state index contributed by atoms with van der Waals surface area (Å²) in [6.07, 6.45) is 7.42. The minimum Gasteiger partial charge on any atom is -0.489 e. The number of pyridine rings is 1. The van der Waals surface area contributed by atoms with Gasteiger partial charge in [-0.05, 0) is 41.3 Å². The van der Waals surface area contributed by atoms with E-state index in [0.29, 0.717) is 16.7 Å². The van der Waals surface area contributed by atoms with Crippen LogP contribution < -0.4 is 4.74 Å². The molecule has 0 aliphatic rings. The maximum Gasteiger partial charge on any atom is 0.119 e. The molecule has 0 saturated heterocycles. The van der Waals surface area contributed by atoms with E-state index in [1.165, 1.54) is 0 Å². The average Bonchev–Trinajstić information content (AvgIpc) is 3.34. The lowest BCUT2D eigenvalue weighted by Gasteiger charge is -2.20. The quantitative estimate of drug-likeness (QED) is 0.275. The highest BCUT2D eigenvalue weighted by Crippen LogP contribution is 2.31. The Morgan fingerprint density at radius 1 is 0.906 bits per heavy atom. The molecule has 5 rings (SSSR count). The molecule has 158 valence electrons. The minimum absolute atomic E-state index is 0.108. The molecular weight excluding hydrogens is 441 g/mol. The second kappa shape index (κ2) is 9.03. The molecule has 1 unspecified atom stereocenters. The van der Waals surface area contributed by atoms with Crippen molar-refractivity contribution in [3.8, 4) is 5.75 Å². The van der Waals surface area contributed by atoms with Gasteiger partial charge in [0.25, 0.3) is 0 Å². The van der Waals surface area contributed by atoms with Gasteiger partial charge in [0.05, 0.1) is 12.0 Å². The minimum atomic E-state index is -0.108. The summed E-state index contributed by atoms with van der Waals surface area (Å²) in [6, 6.07) is 23.7. The third kappa shape index (κ3) is 4.20. The Labute approximate surface area is 196 Å². The third-order valence-electron chi connectivity index (χ3n) is 5.39. The van der Waals surface area contributed by atoms with Gasteiger partial charge in [0.1, 0.15) is 18.4 Å². The zero-order valence-electron chi connectivity index (χ0n) is 17.0. The van der Waals surface area contributed by atoms with E-state index in [4.69, 9.17) is 32.9 Å². The van der Waals surface area contributed by atoms with Crippen molar-refractivity contribution in [3.05, 3.63) is 125 Å². The molecule has 0 aliphatic heterocycles. The molecule has 0 radical (unpaired) electrons. The van der Waals surface area contributed by atoms with Crippen LogP contribution in [0.15, 0.2) is 97.7 Å². The second-order valence-electron chi connectivity index (χ2n) is 7.42. The SMILES string of the molecule is Clc1ccc(COc2ccc(C(c3nccc4ccccc34)n3ccnc3)cc2)c(Cl)c1. The Morgan fingerprint density at radius 3 is 2.53 bits per heavy atom. The zero-order chi connectivity index (χ0) is 21.9. The third-order valence-corrected chi connectivity index (χ3v) is 5.98. The van der Waals surface area contributed by atoms with Crippen LogP contribution >= 0.6 is 23.2 Å². The number of fused-ring (bicyclic) bond motifs is 1. The van der Waals surface area contributed by atoms with Gasteiger partial charge in [-0.15, -0.1) is 0 Å². The summed E-state index contributed by atoms with van der Waals surface area (Å²) < 4.78 is 8.02. The summed E-state index contributed by atoms with van der Waals surface area (Å²) in [5, 5.41) is 3.47. The van der Waals surface area contributed by atoms with E-state index in [9.17, 15) is 0 Å². The summed E-state index contributed by atoms with van der Waals surface area (Å²) in [5.74, 6) is 0.759. The molecule has 0 aliphatic carbocycles. The molecule has 32 heavy (non-hydrogen) atoms. The topological polar surface area (TPSA) is 39.9 Å². The Kier molecular flexibility index (Phi) is 5.80. The first kappa shape index (κ1) is 20.6. The molecule has 0 fully saturated rings. The van der Waals surface area contributed by atoms with Crippen LogP contribution in [0.5, 0.6) is 5.75 Å². The average molecular weight is 460 g/mol. The maximum atomic E-state index is 6.26. The molecule has 5 aromatic rings. The van der Waals surface area contributed by atoms with Crippen molar-refractivity contribution in [1.29, 1.82) is 0 Å². The van der Waals surface area contributed by atoms with Gasteiger partial charge in [-0.1, -0.05) is 65.7 Å². The van der Waals surface area contributed by atoms with Crippen LogP contribution in [0.1, 0.15) is 22.9 Å². The van der Waals surface area contributed by atoms with E-state index in [1.54, 1.807) is 12.3 Å². The molecule has 1 atom stereocenters. The normalized spacial score (nSPS) is 12.1.